The van der Waals surface area contributed by atoms with E-state index < -0.39 is 22.0 Å². The van der Waals surface area contributed by atoms with Gasteiger partial charge < -0.3 is 20.9 Å². The van der Waals surface area contributed by atoms with E-state index in [2.05, 4.69) is 19.7 Å². The van der Waals surface area contributed by atoms with Crippen molar-refractivity contribution in [3.63, 3.8) is 0 Å². The molecule has 1 heterocycles. The second-order valence-electron chi connectivity index (χ2n) is 5.09. The Bertz CT molecular complexity index is 867. The number of nitrogens with two attached hydrogens (primary N) is 2. The maximum absolute atomic E-state index is 12.3. The molecule has 5 N–H and O–H groups in total. The summed E-state index contributed by atoms with van der Waals surface area (Å²) in [5, 5.41) is 0. The van der Waals surface area contributed by atoms with Gasteiger partial charge in [-0.25, -0.2) is 8.42 Å². The van der Waals surface area contributed by atoms with Gasteiger partial charge in [0.05, 0.1) is 12.0 Å². The predicted molar refractivity (Wildman–Crippen MR) is 91.2 cm³/mol. The van der Waals surface area contributed by atoms with Gasteiger partial charge in [-0.3, -0.25) is 4.79 Å². The van der Waals surface area contributed by atoms with Gasteiger partial charge in [-0.1, -0.05) is 0 Å². The largest absolute Gasteiger partial charge is 0.497 e. The minimum absolute atomic E-state index is 0.0176. The van der Waals surface area contributed by atoms with Crippen molar-refractivity contribution in [2.24, 2.45) is 0 Å². The Morgan fingerprint density at radius 1 is 1.15 bits per heavy atom. The van der Waals surface area contributed by atoms with Gasteiger partial charge in [-0.05, 0) is 31.2 Å². The second kappa shape index (κ2) is 7.93. The highest BCUT2D eigenvalue weighted by Crippen LogP contribution is 2.15. The number of nitrogen functional groups attached to an aromatic ring is 2. The van der Waals surface area contributed by atoms with Gasteiger partial charge in [-0.15, -0.1) is 0 Å². The molecule has 0 fully saturated rings. The van der Waals surface area contributed by atoms with E-state index in [-0.39, 0.29) is 29.2 Å². The number of esters is 1. The number of hydrogen-bond acceptors (Lipinski definition) is 10. The van der Waals surface area contributed by atoms with Crippen LogP contribution in [-0.4, -0.2) is 42.5 Å². The van der Waals surface area contributed by atoms with E-state index in [1.165, 1.54) is 38.3 Å². The van der Waals surface area contributed by atoms with Crippen molar-refractivity contribution in [3.05, 3.63) is 30.1 Å². The number of sulfonamides is 1. The molecule has 12 heteroatoms. The second-order valence-corrected chi connectivity index (χ2v) is 6.81. The Balaban J connectivity index is 1.98. The topological polar surface area (TPSA) is 172 Å². The lowest BCUT2D eigenvalue weighted by molar-refractivity contribution is -0.146. The van der Waals surface area contributed by atoms with E-state index in [9.17, 15) is 13.2 Å². The average molecular weight is 382 g/mol. The minimum atomic E-state index is -3.91. The number of methoxy groups -OCH3 is 1. The lowest BCUT2D eigenvalue weighted by Crippen LogP contribution is -2.39. The van der Waals surface area contributed by atoms with Crippen molar-refractivity contribution in [1.82, 2.24) is 19.7 Å². The number of nitrogens with zero attached hydrogens (tertiary/aromatic N) is 3. The van der Waals surface area contributed by atoms with Crippen molar-refractivity contribution < 1.29 is 22.7 Å². The molecule has 26 heavy (non-hydrogen) atoms. The lowest BCUT2D eigenvalue weighted by atomic mass is 10.3. The Kier molecular flexibility index (Phi) is 5.90. The molecule has 0 aliphatic carbocycles. The molecular weight excluding hydrogens is 364 g/mol. The van der Waals surface area contributed by atoms with E-state index in [4.69, 9.17) is 20.9 Å². The average Bonchev–Trinajstić information content (AvgIpc) is 2.58. The van der Waals surface area contributed by atoms with Gasteiger partial charge in [0, 0.05) is 0 Å². The molecule has 0 aliphatic heterocycles. The van der Waals surface area contributed by atoms with Crippen LogP contribution in [0.3, 0.4) is 0 Å². The zero-order chi connectivity index (χ0) is 19.3. The van der Waals surface area contributed by atoms with Crippen LogP contribution in [0.5, 0.6) is 5.75 Å². The Morgan fingerprint density at radius 2 is 1.73 bits per heavy atom. The Hall–Kier alpha value is -2.99. The molecule has 0 saturated carbocycles. The summed E-state index contributed by atoms with van der Waals surface area (Å²) in [6.45, 7) is 1.02. The van der Waals surface area contributed by atoms with Gasteiger partial charge in [0.2, 0.25) is 21.9 Å². The van der Waals surface area contributed by atoms with Crippen LogP contribution >= 0.6 is 0 Å². The molecule has 2 rings (SSSR count). The van der Waals surface area contributed by atoms with Crippen molar-refractivity contribution in [1.29, 1.82) is 0 Å². The van der Waals surface area contributed by atoms with E-state index in [1.807, 2.05) is 0 Å². The number of anilines is 2. The fraction of sp³-hybridized carbons (Fsp3) is 0.286. The molecule has 1 atom stereocenters. The van der Waals surface area contributed by atoms with Crippen LogP contribution in [0.2, 0.25) is 0 Å². The molecule has 0 amide bonds. The summed E-state index contributed by atoms with van der Waals surface area (Å²) in [7, 11) is -2.45. The standard InChI is InChI=1S/C14H18N6O5S/c1-8(12(21)25-7-11-17-13(15)19-14(16)18-11)20-26(22,23)10-5-3-9(24-2)4-6-10/h3-6,8,20H,7H2,1-2H3,(H4,15,16,17,18,19). The SMILES string of the molecule is COc1ccc(S(=O)(=O)NC(C)C(=O)OCc2nc(N)nc(N)n2)cc1. The number of carbonyl (C=O) groups is 1. The first kappa shape index (κ1) is 19.3. The molecule has 0 bridgehead atoms. The summed E-state index contributed by atoms with van der Waals surface area (Å²) < 4.78 is 36.7. The normalized spacial score (nSPS) is 12.4. The van der Waals surface area contributed by atoms with E-state index in [1.54, 1.807) is 0 Å². The first-order chi connectivity index (χ1) is 12.2. The molecule has 2 aromatic rings. The fourth-order valence-electron chi connectivity index (χ4n) is 1.89. The molecular formula is C14H18N6O5S. The van der Waals surface area contributed by atoms with E-state index in [0.29, 0.717) is 5.75 Å². The highest BCUT2D eigenvalue weighted by atomic mass is 32.2. The van der Waals surface area contributed by atoms with E-state index in [0.717, 1.165) is 0 Å². The summed E-state index contributed by atoms with van der Waals surface area (Å²) in [6, 6.07) is 4.56. The molecule has 0 radical (unpaired) electrons. The number of carbonyl (C=O) groups excluding carboxylic acids is 1. The molecule has 0 saturated heterocycles. The highest BCUT2D eigenvalue weighted by Gasteiger charge is 2.23. The molecule has 1 aromatic heterocycles. The van der Waals surface area contributed by atoms with Crippen LogP contribution in [0.25, 0.3) is 0 Å². The van der Waals surface area contributed by atoms with Crippen LogP contribution in [-0.2, 0) is 26.2 Å². The Morgan fingerprint density at radius 3 is 2.27 bits per heavy atom. The fourth-order valence-corrected chi connectivity index (χ4v) is 3.08. The van der Waals surface area contributed by atoms with Gasteiger partial charge >= 0.3 is 5.97 Å². The van der Waals surface area contributed by atoms with Crippen molar-refractivity contribution in [2.75, 3.05) is 18.6 Å². The first-order valence-corrected chi connectivity index (χ1v) is 8.78. The van der Waals surface area contributed by atoms with Crippen LogP contribution in [0.15, 0.2) is 29.2 Å². The third-order valence-electron chi connectivity index (χ3n) is 3.12. The van der Waals surface area contributed by atoms with E-state index >= 15 is 0 Å². The number of hydrogen-bond donors (Lipinski definition) is 3. The number of rotatable bonds is 7. The highest BCUT2D eigenvalue weighted by molar-refractivity contribution is 7.89. The number of nitrogens with one attached hydrogen (secondary N) is 1. The van der Waals surface area contributed by atoms with Gasteiger partial charge in [0.25, 0.3) is 0 Å². The summed E-state index contributed by atoms with van der Waals surface area (Å²) in [5.74, 6) is -0.492. The number of aromatic nitrogens is 3. The first-order valence-electron chi connectivity index (χ1n) is 7.30. The number of benzene rings is 1. The summed E-state index contributed by atoms with van der Waals surface area (Å²) in [4.78, 5) is 23.1. The van der Waals surface area contributed by atoms with Crippen molar-refractivity contribution >= 4 is 27.9 Å². The van der Waals surface area contributed by atoms with Crippen LogP contribution in [0.4, 0.5) is 11.9 Å². The maximum Gasteiger partial charge on any atom is 0.324 e. The smallest absolute Gasteiger partial charge is 0.324 e. The molecule has 1 unspecified atom stereocenters. The molecule has 0 aliphatic rings. The Labute approximate surface area is 149 Å². The quantitative estimate of drug-likeness (QED) is 0.527. The summed E-state index contributed by atoms with van der Waals surface area (Å²) in [6.07, 6.45) is 0. The van der Waals surface area contributed by atoms with Crippen molar-refractivity contribution in [3.8, 4) is 5.75 Å². The maximum atomic E-state index is 12.3. The lowest BCUT2D eigenvalue weighted by Gasteiger charge is -2.14. The van der Waals surface area contributed by atoms with Gasteiger partial charge in [0.15, 0.2) is 12.4 Å². The summed E-state index contributed by atoms with van der Waals surface area (Å²) >= 11 is 0. The summed E-state index contributed by atoms with van der Waals surface area (Å²) in [5.41, 5.74) is 10.8. The zero-order valence-electron chi connectivity index (χ0n) is 14.0. The van der Waals surface area contributed by atoms with Crippen LogP contribution < -0.4 is 20.9 Å². The van der Waals surface area contributed by atoms with Crippen molar-refractivity contribution in [2.45, 2.75) is 24.5 Å². The van der Waals surface area contributed by atoms with Gasteiger partial charge in [-0.2, -0.15) is 19.7 Å². The third-order valence-corrected chi connectivity index (χ3v) is 4.67. The zero-order valence-corrected chi connectivity index (χ0v) is 14.9. The predicted octanol–water partition coefficient (Wildman–Crippen LogP) is -0.545. The molecule has 0 spiro atoms. The number of ether oxygens (including phenoxy) is 2. The molecule has 140 valence electrons. The minimum Gasteiger partial charge on any atom is -0.497 e. The van der Waals surface area contributed by atoms with Gasteiger partial charge in [0.1, 0.15) is 11.8 Å². The molecule has 11 nitrogen and oxygen atoms in total. The molecule has 1 aromatic carbocycles. The monoisotopic (exact) mass is 382 g/mol. The van der Waals surface area contributed by atoms with Crippen LogP contribution in [0, 0.1) is 0 Å². The van der Waals surface area contributed by atoms with Crippen LogP contribution in [0.1, 0.15) is 12.7 Å². The third kappa shape index (κ3) is 5.00.